The van der Waals surface area contributed by atoms with Crippen LogP contribution in [0.1, 0.15) is 37.8 Å². The largest absolute Gasteiger partial charge is 0.380 e. The summed E-state index contributed by atoms with van der Waals surface area (Å²) < 4.78 is 5.56. The van der Waals surface area contributed by atoms with Crippen molar-refractivity contribution in [3.8, 4) is 0 Å². The highest BCUT2D eigenvalue weighted by Crippen LogP contribution is 2.42. The molecule has 5 nitrogen and oxygen atoms in total. The van der Waals surface area contributed by atoms with Crippen molar-refractivity contribution in [2.45, 2.75) is 45.1 Å². The van der Waals surface area contributed by atoms with E-state index in [1.807, 2.05) is 6.92 Å². The van der Waals surface area contributed by atoms with Gasteiger partial charge in [-0.15, -0.1) is 5.10 Å². The van der Waals surface area contributed by atoms with Crippen LogP contribution in [0, 0.1) is 12.3 Å². The molecule has 0 N–H and O–H groups in total. The molecule has 0 radical (unpaired) electrons. The average molecular weight is 316 g/mol. The van der Waals surface area contributed by atoms with Crippen LogP contribution < -0.4 is 4.90 Å². The second-order valence-corrected chi connectivity index (χ2v) is 7.57. The van der Waals surface area contributed by atoms with E-state index in [1.165, 1.54) is 45.2 Å². The van der Waals surface area contributed by atoms with E-state index in [1.54, 1.807) is 0 Å². The number of hydrogen-bond donors (Lipinski definition) is 0. The standard InChI is InChI=1S/C18H28N4O/c1-15-2-3-17(20-19-15)22-11-7-18(8-12-22)5-9-21(10-6-18)16-4-13-23-14-16/h2-3,16H,4-14H2,1H3/t16-/m1/s1. The van der Waals surface area contributed by atoms with Gasteiger partial charge in [-0.2, -0.15) is 5.10 Å². The summed E-state index contributed by atoms with van der Waals surface area (Å²) in [5.74, 6) is 1.05. The number of anilines is 1. The lowest BCUT2D eigenvalue weighted by Crippen LogP contribution is -2.49. The van der Waals surface area contributed by atoms with Gasteiger partial charge in [-0.3, -0.25) is 4.90 Å². The maximum Gasteiger partial charge on any atom is 0.151 e. The van der Waals surface area contributed by atoms with Crippen molar-refractivity contribution in [1.29, 1.82) is 0 Å². The van der Waals surface area contributed by atoms with E-state index in [9.17, 15) is 0 Å². The molecule has 3 fully saturated rings. The first kappa shape index (κ1) is 15.3. The smallest absolute Gasteiger partial charge is 0.151 e. The lowest BCUT2D eigenvalue weighted by atomic mass is 9.71. The summed E-state index contributed by atoms with van der Waals surface area (Å²) in [7, 11) is 0. The van der Waals surface area contributed by atoms with E-state index in [0.717, 1.165) is 37.8 Å². The van der Waals surface area contributed by atoms with E-state index in [2.05, 4.69) is 32.1 Å². The first-order chi connectivity index (χ1) is 11.2. The quantitative estimate of drug-likeness (QED) is 0.837. The number of nitrogens with zero attached hydrogens (tertiary/aromatic N) is 4. The highest BCUT2D eigenvalue weighted by Gasteiger charge is 2.39. The summed E-state index contributed by atoms with van der Waals surface area (Å²) in [4.78, 5) is 5.09. The molecular formula is C18H28N4O. The van der Waals surface area contributed by atoms with Crippen LogP contribution in [0.15, 0.2) is 12.1 Å². The predicted molar refractivity (Wildman–Crippen MR) is 90.7 cm³/mol. The van der Waals surface area contributed by atoms with Crippen molar-refractivity contribution in [2.24, 2.45) is 5.41 Å². The summed E-state index contributed by atoms with van der Waals surface area (Å²) in [6.07, 6.45) is 6.55. The molecule has 1 atom stereocenters. The van der Waals surface area contributed by atoms with E-state index >= 15 is 0 Å². The zero-order chi connectivity index (χ0) is 15.7. The van der Waals surface area contributed by atoms with Gasteiger partial charge < -0.3 is 9.64 Å². The topological polar surface area (TPSA) is 41.5 Å². The fourth-order valence-corrected chi connectivity index (χ4v) is 4.44. The Morgan fingerprint density at radius 2 is 1.78 bits per heavy atom. The van der Waals surface area contributed by atoms with Crippen molar-refractivity contribution in [3.63, 3.8) is 0 Å². The molecule has 0 bridgehead atoms. The van der Waals surface area contributed by atoms with Gasteiger partial charge in [-0.1, -0.05) is 0 Å². The van der Waals surface area contributed by atoms with Crippen LogP contribution in [0.3, 0.4) is 0 Å². The Balaban J connectivity index is 1.32. The third-order valence-corrected chi connectivity index (χ3v) is 6.21. The normalized spacial score (nSPS) is 28.4. The van der Waals surface area contributed by atoms with Gasteiger partial charge in [-0.25, -0.2) is 0 Å². The molecule has 0 amide bonds. The first-order valence-corrected chi connectivity index (χ1v) is 9.11. The number of ether oxygens (including phenoxy) is 1. The van der Waals surface area contributed by atoms with E-state index in [0.29, 0.717) is 11.5 Å². The number of likely N-dealkylation sites (tertiary alicyclic amines) is 1. The Kier molecular flexibility index (Phi) is 4.24. The van der Waals surface area contributed by atoms with Gasteiger partial charge in [0.1, 0.15) is 0 Å². The third-order valence-electron chi connectivity index (χ3n) is 6.21. The Morgan fingerprint density at radius 1 is 1.04 bits per heavy atom. The first-order valence-electron chi connectivity index (χ1n) is 9.11. The predicted octanol–water partition coefficient (Wildman–Crippen LogP) is 2.26. The number of aromatic nitrogens is 2. The lowest BCUT2D eigenvalue weighted by molar-refractivity contribution is 0.0493. The monoisotopic (exact) mass is 316 g/mol. The Morgan fingerprint density at radius 3 is 2.39 bits per heavy atom. The molecule has 0 saturated carbocycles. The third kappa shape index (κ3) is 3.22. The molecule has 0 aromatic carbocycles. The number of hydrogen-bond acceptors (Lipinski definition) is 5. The minimum atomic E-state index is 0.574. The minimum Gasteiger partial charge on any atom is -0.380 e. The number of aryl methyl sites for hydroxylation is 1. The maximum atomic E-state index is 5.56. The van der Waals surface area contributed by atoms with Gasteiger partial charge in [0.15, 0.2) is 5.82 Å². The lowest BCUT2D eigenvalue weighted by Gasteiger charge is -2.48. The van der Waals surface area contributed by atoms with Crippen LogP contribution in [0.25, 0.3) is 0 Å². The zero-order valence-corrected chi connectivity index (χ0v) is 14.2. The van der Waals surface area contributed by atoms with Crippen molar-refractivity contribution < 1.29 is 4.74 Å². The molecule has 1 spiro atoms. The molecule has 4 heterocycles. The van der Waals surface area contributed by atoms with Gasteiger partial charge in [0.2, 0.25) is 0 Å². The summed E-state index contributed by atoms with van der Waals surface area (Å²) in [6.45, 7) is 8.68. The Labute approximate surface area is 139 Å². The molecule has 23 heavy (non-hydrogen) atoms. The molecule has 3 aliphatic heterocycles. The molecule has 3 aliphatic rings. The van der Waals surface area contributed by atoms with Crippen LogP contribution in [0.5, 0.6) is 0 Å². The Bertz CT molecular complexity index is 508. The summed E-state index contributed by atoms with van der Waals surface area (Å²) in [5.41, 5.74) is 1.57. The fraction of sp³-hybridized carbons (Fsp3) is 0.778. The van der Waals surface area contributed by atoms with Gasteiger partial charge in [-0.05, 0) is 69.7 Å². The van der Waals surface area contributed by atoms with Crippen LogP contribution in [-0.4, -0.2) is 60.5 Å². The molecule has 0 aliphatic carbocycles. The minimum absolute atomic E-state index is 0.574. The van der Waals surface area contributed by atoms with Gasteiger partial charge in [0, 0.05) is 25.7 Å². The van der Waals surface area contributed by atoms with E-state index in [-0.39, 0.29) is 0 Å². The molecular weight excluding hydrogens is 288 g/mol. The fourth-order valence-electron chi connectivity index (χ4n) is 4.44. The summed E-state index contributed by atoms with van der Waals surface area (Å²) >= 11 is 0. The summed E-state index contributed by atoms with van der Waals surface area (Å²) in [5, 5.41) is 8.56. The van der Waals surface area contributed by atoms with Crippen molar-refractivity contribution in [1.82, 2.24) is 15.1 Å². The van der Waals surface area contributed by atoms with Crippen LogP contribution in [0.2, 0.25) is 0 Å². The van der Waals surface area contributed by atoms with Crippen molar-refractivity contribution >= 4 is 5.82 Å². The molecule has 1 aromatic rings. The van der Waals surface area contributed by atoms with E-state index < -0.39 is 0 Å². The van der Waals surface area contributed by atoms with Gasteiger partial charge >= 0.3 is 0 Å². The van der Waals surface area contributed by atoms with Gasteiger partial charge in [0.05, 0.1) is 12.3 Å². The van der Waals surface area contributed by atoms with Crippen LogP contribution >= 0.6 is 0 Å². The number of piperidine rings is 2. The van der Waals surface area contributed by atoms with E-state index in [4.69, 9.17) is 4.74 Å². The molecule has 1 aromatic heterocycles. The highest BCUT2D eigenvalue weighted by molar-refractivity contribution is 5.37. The molecule has 3 saturated heterocycles. The SMILES string of the molecule is Cc1ccc(N2CCC3(CC2)CCN([C@@H]2CCOC2)CC3)nn1. The summed E-state index contributed by atoms with van der Waals surface area (Å²) in [6, 6.07) is 4.87. The number of rotatable bonds is 2. The molecule has 4 rings (SSSR count). The Hall–Kier alpha value is -1.20. The average Bonchev–Trinajstić information content (AvgIpc) is 3.12. The molecule has 126 valence electrons. The maximum absolute atomic E-state index is 5.56. The highest BCUT2D eigenvalue weighted by atomic mass is 16.5. The van der Waals surface area contributed by atoms with Gasteiger partial charge in [0.25, 0.3) is 0 Å². The molecule has 5 heteroatoms. The van der Waals surface area contributed by atoms with Crippen LogP contribution in [0.4, 0.5) is 5.82 Å². The van der Waals surface area contributed by atoms with Crippen molar-refractivity contribution in [3.05, 3.63) is 17.8 Å². The van der Waals surface area contributed by atoms with Crippen LogP contribution in [-0.2, 0) is 4.74 Å². The second kappa shape index (κ2) is 6.36. The molecule has 0 unspecified atom stereocenters. The van der Waals surface area contributed by atoms with Crippen molar-refractivity contribution in [2.75, 3.05) is 44.3 Å². The second-order valence-electron chi connectivity index (χ2n) is 7.57. The zero-order valence-electron chi connectivity index (χ0n) is 14.2.